The molecule has 1 heterocycles. The second kappa shape index (κ2) is 4.12. The number of hydrogen-bond donors (Lipinski definition) is 1. The number of anilines is 1. The molecular formula is C12H15FN2O. The molecule has 1 fully saturated rings. The van der Waals surface area contributed by atoms with Crippen LogP contribution in [0.3, 0.4) is 0 Å². The average Bonchev–Trinajstić information content (AvgIpc) is 2.51. The zero-order valence-corrected chi connectivity index (χ0v) is 9.24. The minimum atomic E-state index is -0.340. The molecule has 1 aliphatic rings. The third-order valence-corrected chi connectivity index (χ3v) is 2.91. The second-order valence-corrected chi connectivity index (χ2v) is 4.39. The highest BCUT2D eigenvalue weighted by atomic mass is 19.1. The largest absolute Gasteiger partial charge is 0.398 e. The van der Waals surface area contributed by atoms with Crippen LogP contribution in [0.1, 0.15) is 18.9 Å². The standard InChI is InChI=1S/C12H15FN2O/c1-8-5-12(16)15(6-8)7-9-10(13)3-2-4-11(9)14/h2-4,8H,5-7,14H2,1H3. The Kier molecular flexibility index (Phi) is 2.81. The van der Waals surface area contributed by atoms with E-state index >= 15 is 0 Å². The van der Waals surface area contributed by atoms with Crippen molar-refractivity contribution in [1.82, 2.24) is 4.90 Å². The molecule has 86 valence electrons. The maximum atomic E-state index is 13.5. The Morgan fingerprint density at radius 3 is 2.88 bits per heavy atom. The fraction of sp³-hybridized carbons (Fsp3) is 0.417. The van der Waals surface area contributed by atoms with Crippen molar-refractivity contribution in [3.63, 3.8) is 0 Å². The average molecular weight is 222 g/mol. The van der Waals surface area contributed by atoms with Crippen LogP contribution < -0.4 is 5.73 Å². The van der Waals surface area contributed by atoms with Crippen LogP contribution in [-0.4, -0.2) is 17.4 Å². The number of benzene rings is 1. The summed E-state index contributed by atoms with van der Waals surface area (Å²) in [5.74, 6) is 0.0861. The van der Waals surface area contributed by atoms with E-state index in [-0.39, 0.29) is 18.3 Å². The summed E-state index contributed by atoms with van der Waals surface area (Å²) in [5.41, 5.74) is 6.53. The van der Waals surface area contributed by atoms with Crippen LogP contribution in [0.15, 0.2) is 18.2 Å². The minimum Gasteiger partial charge on any atom is -0.398 e. The lowest BCUT2D eigenvalue weighted by Crippen LogP contribution is -2.25. The first-order valence-corrected chi connectivity index (χ1v) is 5.38. The summed E-state index contributed by atoms with van der Waals surface area (Å²) >= 11 is 0. The Morgan fingerprint density at radius 1 is 1.56 bits per heavy atom. The van der Waals surface area contributed by atoms with Gasteiger partial charge in [0.15, 0.2) is 0 Å². The first-order chi connectivity index (χ1) is 7.58. The molecule has 1 unspecified atom stereocenters. The van der Waals surface area contributed by atoms with Crippen LogP contribution in [0, 0.1) is 11.7 Å². The van der Waals surface area contributed by atoms with Crippen LogP contribution in [-0.2, 0) is 11.3 Å². The van der Waals surface area contributed by atoms with E-state index < -0.39 is 0 Å². The van der Waals surface area contributed by atoms with Gasteiger partial charge in [-0.2, -0.15) is 0 Å². The van der Waals surface area contributed by atoms with E-state index in [0.29, 0.717) is 30.1 Å². The van der Waals surface area contributed by atoms with E-state index in [1.165, 1.54) is 6.07 Å². The molecule has 1 aromatic rings. The third-order valence-electron chi connectivity index (χ3n) is 2.91. The van der Waals surface area contributed by atoms with E-state index in [2.05, 4.69) is 0 Å². The summed E-state index contributed by atoms with van der Waals surface area (Å²) in [6.07, 6.45) is 0.550. The van der Waals surface area contributed by atoms with Gasteiger partial charge in [-0.25, -0.2) is 4.39 Å². The predicted octanol–water partition coefficient (Wildman–Crippen LogP) is 1.78. The number of nitrogens with two attached hydrogens (primary N) is 1. The molecule has 0 saturated carbocycles. The summed E-state index contributed by atoms with van der Waals surface area (Å²) in [5, 5.41) is 0. The van der Waals surface area contributed by atoms with E-state index in [1.54, 1.807) is 17.0 Å². The van der Waals surface area contributed by atoms with Crippen molar-refractivity contribution in [2.45, 2.75) is 19.9 Å². The van der Waals surface area contributed by atoms with Gasteiger partial charge in [0.25, 0.3) is 0 Å². The molecule has 1 atom stereocenters. The molecule has 3 nitrogen and oxygen atoms in total. The van der Waals surface area contributed by atoms with Gasteiger partial charge in [-0.15, -0.1) is 0 Å². The molecule has 1 saturated heterocycles. The van der Waals surface area contributed by atoms with E-state index in [4.69, 9.17) is 5.73 Å². The van der Waals surface area contributed by atoms with Crippen LogP contribution >= 0.6 is 0 Å². The Hall–Kier alpha value is -1.58. The van der Waals surface area contributed by atoms with Gasteiger partial charge >= 0.3 is 0 Å². The van der Waals surface area contributed by atoms with Gasteiger partial charge in [-0.05, 0) is 18.1 Å². The number of nitrogen functional groups attached to an aromatic ring is 1. The topological polar surface area (TPSA) is 46.3 Å². The fourth-order valence-electron chi connectivity index (χ4n) is 2.06. The second-order valence-electron chi connectivity index (χ2n) is 4.39. The zero-order chi connectivity index (χ0) is 11.7. The molecule has 2 rings (SSSR count). The summed E-state index contributed by atoms with van der Waals surface area (Å²) in [7, 11) is 0. The quantitative estimate of drug-likeness (QED) is 0.775. The van der Waals surface area contributed by atoms with Gasteiger partial charge in [0.2, 0.25) is 5.91 Å². The molecule has 4 heteroatoms. The maximum Gasteiger partial charge on any atom is 0.223 e. The molecule has 1 amide bonds. The van der Waals surface area contributed by atoms with Crippen molar-refractivity contribution in [1.29, 1.82) is 0 Å². The Labute approximate surface area is 94.0 Å². The smallest absolute Gasteiger partial charge is 0.223 e. The highest BCUT2D eigenvalue weighted by Crippen LogP contribution is 2.23. The number of likely N-dealkylation sites (tertiary alicyclic amines) is 1. The lowest BCUT2D eigenvalue weighted by atomic mass is 10.1. The van der Waals surface area contributed by atoms with Gasteiger partial charge < -0.3 is 10.6 Å². The number of nitrogens with zero attached hydrogens (tertiary/aromatic N) is 1. The molecular weight excluding hydrogens is 207 g/mol. The molecule has 2 N–H and O–H groups in total. The highest BCUT2D eigenvalue weighted by Gasteiger charge is 2.27. The maximum absolute atomic E-state index is 13.5. The minimum absolute atomic E-state index is 0.0788. The van der Waals surface area contributed by atoms with Crippen molar-refractivity contribution in [3.05, 3.63) is 29.6 Å². The monoisotopic (exact) mass is 222 g/mol. The number of rotatable bonds is 2. The predicted molar refractivity (Wildman–Crippen MR) is 60.0 cm³/mol. The Balaban J connectivity index is 2.18. The van der Waals surface area contributed by atoms with Crippen molar-refractivity contribution in [2.75, 3.05) is 12.3 Å². The lowest BCUT2D eigenvalue weighted by molar-refractivity contribution is -0.128. The van der Waals surface area contributed by atoms with Crippen molar-refractivity contribution < 1.29 is 9.18 Å². The van der Waals surface area contributed by atoms with Crippen LogP contribution in [0.4, 0.5) is 10.1 Å². The molecule has 1 aliphatic heterocycles. The van der Waals surface area contributed by atoms with Gasteiger partial charge in [0, 0.05) is 24.2 Å². The van der Waals surface area contributed by atoms with Crippen LogP contribution in [0.2, 0.25) is 0 Å². The molecule has 0 bridgehead atoms. The van der Waals surface area contributed by atoms with Gasteiger partial charge in [0.1, 0.15) is 5.82 Å². The number of halogens is 1. The van der Waals surface area contributed by atoms with Crippen LogP contribution in [0.5, 0.6) is 0 Å². The van der Waals surface area contributed by atoms with Gasteiger partial charge in [-0.1, -0.05) is 13.0 Å². The van der Waals surface area contributed by atoms with Gasteiger partial charge in [-0.3, -0.25) is 4.79 Å². The molecule has 0 aromatic heterocycles. The van der Waals surface area contributed by atoms with Crippen molar-refractivity contribution in [2.24, 2.45) is 5.92 Å². The summed E-state index contributed by atoms with van der Waals surface area (Å²) < 4.78 is 13.5. The molecule has 0 radical (unpaired) electrons. The normalized spacial score (nSPS) is 20.5. The number of carbonyl (C=O) groups excluding carboxylic acids is 1. The van der Waals surface area contributed by atoms with Gasteiger partial charge in [0.05, 0.1) is 6.54 Å². The number of hydrogen-bond acceptors (Lipinski definition) is 2. The Morgan fingerprint density at radius 2 is 2.31 bits per heavy atom. The van der Waals surface area contributed by atoms with Crippen molar-refractivity contribution in [3.8, 4) is 0 Å². The SMILES string of the molecule is CC1CC(=O)N(Cc2c(N)cccc2F)C1. The van der Waals surface area contributed by atoms with E-state index in [1.807, 2.05) is 6.92 Å². The van der Waals surface area contributed by atoms with Crippen LogP contribution in [0.25, 0.3) is 0 Å². The summed E-state index contributed by atoms with van der Waals surface area (Å²) in [4.78, 5) is 13.2. The first-order valence-electron chi connectivity index (χ1n) is 5.38. The molecule has 0 spiro atoms. The fourth-order valence-corrected chi connectivity index (χ4v) is 2.06. The summed E-state index contributed by atoms with van der Waals surface area (Å²) in [6.45, 7) is 2.98. The molecule has 16 heavy (non-hydrogen) atoms. The van der Waals surface area contributed by atoms with E-state index in [0.717, 1.165) is 0 Å². The molecule has 1 aromatic carbocycles. The number of amides is 1. The highest BCUT2D eigenvalue weighted by molar-refractivity contribution is 5.78. The van der Waals surface area contributed by atoms with Crippen molar-refractivity contribution >= 4 is 11.6 Å². The third kappa shape index (κ3) is 2.01. The lowest BCUT2D eigenvalue weighted by Gasteiger charge is -2.17. The van der Waals surface area contributed by atoms with E-state index in [9.17, 15) is 9.18 Å². The molecule has 0 aliphatic carbocycles. The number of carbonyl (C=O) groups is 1. The summed E-state index contributed by atoms with van der Waals surface area (Å²) in [6, 6.07) is 4.60. The zero-order valence-electron chi connectivity index (χ0n) is 9.24. The first kappa shape index (κ1) is 10.9. The Bertz CT molecular complexity index is 399.